The smallest absolute Gasteiger partial charge is 0.165 e. The lowest BCUT2D eigenvalue weighted by Crippen LogP contribution is -2.21. The molecule has 2 aromatic carbocycles. The van der Waals surface area contributed by atoms with Gasteiger partial charge in [-0.2, -0.15) is 0 Å². The van der Waals surface area contributed by atoms with Gasteiger partial charge in [0.1, 0.15) is 0 Å². The van der Waals surface area contributed by atoms with Gasteiger partial charge in [-0.1, -0.05) is 36.4 Å². The van der Waals surface area contributed by atoms with Crippen molar-refractivity contribution in [3.8, 4) is 5.75 Å². The summed E-state index contributed by atoms with van der Waals surface area (Å²) >= 11 is 0. The van der Waals surface area contributed by atoms with E-state index in [1.807, 2.05) is 6.07 Å². The van der Waals surface area contributed by atoms with Crippen molar-refractivity contribution in [2.45, 2.75) is 25.3 Å². The molecule has 3 heteroatoms. The van der Waals surface area contributed by atoms with Crippen molar-refractivity contribution in [1.29, 1.82) is 0 Å². The van der Waals surface area contributed by atoms with E-state index in [1.54, 1.807) is 12.1 Å². The normalized spacial score (nSPS) is 21.4. The maximum Gasteiger partial charge on any atom is 0.165 e. The van der Waals surface area contributed by atoms with Crippen LogP contribution in [0.25, 0.3) is 0 Å². The fourth-order valence-corrected chi connectivity index (χ4v) is 2.98. The summed E-state index contributed by atoms with van der Waals surface area (Å²) < 4.78 is 18.7. The van der Waals surface area contributed by atoms with E-state index < -0.39 is 0 Å². The molecule has 0 heterocycles. The van der Waals surface area contributed by atoms with Crippen molar-refractivity contribution < 1.29 is 9.13 Å². The molecule has 0 bridgehead atoms. The molecular formula is C19H22FNO. The maximum atomic E-state index is 13.8. The standard InChI is InChI=1S/C19H22FNO/c1-13(15-8-9-19(22-2)18(20)11-15)21-12-16-10-17(16)14-6-4-3-5-7-14/h3-9,11,13,16-17,21H,10,12H2,1-2H3/t13-,16+,17-/m0/s1. The Morgan fingerprint density at radius 3 is 2.68 bits per heavy atom. The molecule has 1 aliphatic carbocycles. The van der Waals surface area contributed by atoms with Gasteiger partial charge >= 0.3 is 0 Å². The molecule has 1 saturated carbocycles. The summed E-state index contributed by atoms with van der Waals surface area (Å²) in [6.45, 7) is 3.04. The molecule has 1 N–H and O–H groups in total. The zero-order valence-corrected chi connectivity index (χ0v) is 13.1. The summed E-state index contributed by atoms with van der Waals surface area (Å²) in [4.78, 5) is 0. The highest BCUT2D eigenvalue weighted by molar-refractivity contribution is 5.31. The fraction of sp³-hybridized carbons (Fsp3) is 0.368. The number of hydrogen-bond donors (Lipinski definition) is 1. The third-order valence-corrected chi connectivity index (χ3v) is 4.51. The van der Waals surface area contributed by atoms with Crippen molar-refractivity contribution in [3.63, 3.8) is 0 Å². The van der Waals surface area contributed by atoms with Gasteiger partial charge in [-0.05, 0) is 55.0 Å². The lowest BCUT2D eigenvalue weighted by atomic mass is 10.1. The van der Waals surface area contributed by atoms with Gasteiger partial charge in [-0.15, -0.1) is 0 Å². The van der Waals surface area contributed by atoms with Crippen LogP contribution in [0.2, 0.25) is 0 Å². The topological polar surface area (TPSA) is 21.3 Å². The molecule has 1 fully saturated rings. The molecule has 0 radical (unpaired) electrons. The van der Waals surface area contributed by atoms with E-state index in [1.165, 1.54) is 19.1 Å². The van der Waals surface area contributed by atoms with Crippen LogP contribution in [0.15, 0.2) is 48.5 Å². The van der Waals surface area contributed by atoms with E-state index >= 15 is 0 Å². The third kappa shape index (κ3) is 3.30. The first kappa shape index (κ1) is 15.0. The largest absolute Gasteiger partial charge is 0.494 e. The number of rotatable bonds is 6. The van der Waals surface area contributed by atoms with Gasteiger partial charge in [-0.3, -0.25) is 0 Å². The molecule has 0 aromatic heterocycles. The van der Waals surface area contributed by atoms with E-state index in [2.05, 4.69) is 42.6 Å². The number of methoxy groups -OCH3 is 1. The number of halogens is 1. The first-order valence-corrected chi connectivity index (χ1v) is 7.81. The second-order valence-electron chi connectivity index (χ2n) is 6.04. The van der Waals surface area contributed by atoms with Crippen LogP contribution in [0.1, 0.15) is 36.4 Å². The minimum Gasteiger partial charge on any atom is -0.494 e. The summed E-state index contributed by atoms with van der Waals surface area (Å²) in [6, 6.07) is 15.9. The molecule has 3 rings (SSSR count). The van der Waals surface area contributed by atoms with Gasteiger partial charge in [0.15, 0.2) is 11.6 Å². The van der Waals surface area contributed by atoms with Gasteiger partial charge in [0.25, 0.3) is 0 Å². The second-order valence-corrected chi connectivity index (χ2v) is 6.04. The Balaban J connectivity index is 1.53. The molecule has 2 nitrogen and oxygen atoms in total. The Kier molecular flexibility index (Phi) is 4.44. The van der Waals surface area contributed by atoms with Gasteiger partial charge in [0.2, 0.25) is 0 Å². The van der Waals surface area contributed by atoms with E-state index in [0.29, 0.717) is 17.6 Å². The molecule has 22 heavy (non-hydrogen) atoms. The molecule has 0 amide bonds. The summed E-state index contributed by atoms with van der Waals surface area (Å²) in [7, 11) is 1.48. The Labute approximate surface area is 131 Å². The van der Waals surface area contributed by atoms with Gasteiger partial charge < -0.3 is 10.1 Å². The molecule has 0 aliphatic heterocycles. The number of benzene rings is 2. The van der Waals surface area contributed by atoms with Crippen molar-refractivity contribution in [2.75, 3.05) is 13.7 Å². The predicted octanol–water partition coefficient (Wildman–Crippen LogP) is 4.29. The number of nitrogens with one attached hydrogen (secondary N) is 1. The monoisotopic (exact) mass is 299 g/mol. The molecule has 2 aromatic rings. The van der Waals surface area contributed by atoms with Crippen molar-refractivity contribution >= 4 is 0 Å². The van der Waals surface area contributed by atoms with Crippen LogP contribution < -0.4 is 10.1 Å². The Hall–Kier alpha value is -1.87. The average Bonchev–Trinajstić information content (AvgIpc) is 3.33. The van der Waals surface area contributed by atoms with Crippen molar-refractivity contribution in [3.05, 3.63) is 65.5 Å². The van der Waals surface area contributed by atoms with Gasteiger partial charge in [0.05, 0.1) is 7.11 Å². The van der Waals surface area contributed by atoms with E-state index in [9.17, 15) is 4.39 Å². The lowest BCUT2D eigenvalue weighted by molar-refractivity contribution is 0.385. The van der Waals surface area contributed by atoms with Gasteiger partial charge in [-0.25, -0.2) is 4.39 Å². The Morgan fingerprint density at radius 1 is 1.23 bits per heavy atom. The SMILES string of the molecule is COc1ccc([C@H](C)NC[C@H]2C[C@H]2c2ccccc2)cc1F. The summed E-state index contributed by atoms with van der Waals surface area (Å²) in [6.07, 6.45) is 1.24. The van der Waals surface area contributed by atoms with Crippen LogP contribution in [0.4, 0.5) is 4.39 Å². The van der Waals surface area contributed by atoms with Crippen LogP contribution in [0.5, 0.6) is 5.75 Å². The maximum absolute atomic E-state index is 13.8. The quantitative estimate of drug-likeness (QED) is 0.859. The minimum atomic E-state index is -0.303. The minimum absolute atomic E-state index is 0.137. The van der Waals surface area contributed by atoms with Crippen molar-refractivity contribution in [1.82, 2.24) is 5.32 Å². The third-order valence-electron chi connectivity index (χ3n) is 4.51. The first-order chi connectivity index (χ1) is 10.7. The second kappa shape index (κ2) is 6.49. The van der Waals surface area contributed by atoms with Gasteiger partial charge in [0, 0.05) is 6.04 Å². The zero-order chi connectivity index (χ0) is 15.5. The van der Waals surface area contributed by atoms with Crippen LogP contribution >= 0.6 is 0 Å². The van der Waals surface area contributed by atoms with E-state index in [0.717, 1.165) is 12.1 Å². The summed E-state index contributed by atoms with van der Waals surface area (Å²) in [5, 5.41) is 3.52. The summed E-state index contributed by atoms with van der Waals surface area (Å²) in [5.41, 5.74) is 2.38. The number of ether oxygens (including phenoxy) is 1. The lowest BCUT2D eigenvalue weighted by Gasteiger charge is -2.15. The van der Waals surface area contributed by atoms with Crippen LogP contribution in [-0.4, -0.2) is 13.7 Å². The van der Waals surface area contributed by atoms with Crippen LogP contribution in [0.3, 0.4) is 0 Å². The predicted molar refractivity (Wildman–Crippen MR) is 86.7 cm³/mol. The Bertz CT molecular complexity index is 629. The Morgan fingerprint density at radius 2 is 2.00 bits per heavy atom. The summed E-state index contributed by atoms with van der Waals surface area (Å²) in [5.74, 6) is 1.35. The molecule has 1 aliphatic rings. The molecule has 0 spiro atoms. The van der Waals surface area contributed by atoms with E-state index in [-0.39, 0.29) is 11.9 Å². The van der Waals surface area contributed by atoms with Crippen LogP contribution in [-0.2, 0) is 0 Å². The molecule has 3 atom stereocenters. The van der Waals surface area contributed by atoms with Crippen LogP contribution in [0, 0.1) is 11.7 Å². The average molecular weight is 299 g/mol. The zero-order valence-electron chi connectivity index (χ0n) is 13.1. The highest BCUT2D eigenvalue weighted by Crippen LogP contribution is 2.47. The molecule has 0 saturated heterocycles. The molecular weight excluding hydrogens is 277 g/mol. The molecule has 0 unspecified atom stereocenters. The highest BCUT2D eigenvalue weighted by Gasteiger charge is 2.37. The molecule has 116 valence electrons. The van der Waals surface area contributed by atoms with E-state index in [4.69, 9.17) is 4.74 Å². The fourth-order valence-electron chi connectivity index (χ4n) is 2.98. The number of hydrogen-bond acceptors (Lipinski definition) is 2. The first-order valence-electron chi connectivity index (χ1n) is 7.81. The van der Waals surface area contributed by atoms with Crippen molar-refractivity contribution in [2.24, 2.45) is 5.92 Å². The highest BCUT2D eigenvalue weighted by atomic mass is 19.1.